The molecule has 7 heteroatoms. The number of carboxylic acid groups (broad SMARTS) is 1. The number of aliphatic carboxylic acids is 1. The molecule has 1 unspecified atom stereocenters. The average molecular weight is 376 g/mol. The highest BCUT2D eigenvalue weighted by Gasteiger charge is 2.38. The minimum Gasteiger partial charge on any atom is -0.506 e. The van der Waals surface area contributed by atoms with E-state index in [1.165, 1.54) is 4.80 Å². The van der Waals surface area contributed by atoms with E-state index in [1.54, 1.807) is 6.08 Å². The van der Waals surface area contributed by atoms with Gasteiger partial charge in [-0.1, -0.05) is 32.9 Å². The average Bonchev–Trinajstić information content (AvgIpc) is 2.98. The molecule has 3 rings (SSSR count). The molecule has 2 N–H and O–H groups in total. The molecule has 138 valence electrons. The second-order valence-corrected chi connectivity index (χ2v) is 8.44. The Balaban J connectivity index is 2.12. The molecule has 0 aliphatic heterocycles. The number of benzene rings is 1. The van der Waals surface area contributed by atoms with Crippen LogP contribution in [0.15, 0.2) is 41.7 Å². The summed E-state index contributed by atoms with van der Waals surface area (Å²) in [4.78, 5) is 11.5. The highest BCUT2D eigenvalue weighted by Crippen LogP contribution is 2.45. The number of alkyl halides is 1. The van der Waals surface area contributed by atoms with Crippen molar-refractivity contribution in [3.05, 3.63) is 41.7 Å². The lowest BCUT2D eigenvalue weighted by molar-refractivity contribution is -0.137. The maximum absolute atomic E-state index is 11.0. The Morgan fingerprint density at radius 3 is 2.35 bits per heavy atom. The van der Waals surface area contributed by atoms with Crippen molar-refractivity contribution in [3.8, 4) is 0 Å². The number of nitrogens with zero attached hydrogens (tertiary/aromatic N) is 3. The molecule has 0 radical (unpaired) electrons. The van der Waals surface area contributed by atoms with Crippen LogP contribution in [-0.4, -0.2) is 36.1 Å². The van der Waals surface area contributed by atoms with Gasteiger partial charge < -0.3 is 10.2 Å². The summed E-state index contributed by atoms with van der Waals surface area (Å²) in [5.41, 5.74) is 2.22. The Kier molecular flexibility index (Phi) is 4.56. The Morgan fingerprint density at radius 1 is 1.27 bits per heavy atom. The number of rotatable bonds is 4. The van der Waals surface area contributed by atoms with Crippen molar-refractivity contribution in [2.75, 3.05) is 0 Å². The third kappa shape index (κ3) is 3.60. The van der Waals surface area contributed by atoms with E-state index in [1.807, 2.05) is 45.0 Å². The van der Waals surface area contributed by atoms with Crippen LogP contribution in [0.3, 0.4) is 0 Å². The minimum absolute atomic E-state index is 0.0556. The highest BCUT2D eigenvalue weighted by molar-refractivity contribution is 6.26. The van der Waals surface area contributed by atoms with E-state index in [-0.39, 0.29) is 24.0 Å². The van der Waals surface area contributed by atoms with Gasteiger partial charge in [0.2, 0.25) is 0 Å². The SMILES string of the molecule is CC(C)(C)C1=C(O)C(n2nc3ccccc3n2)=CC(Cl)(CCC(=O)O)C1. The summed E-state index contributed by atoms with van der Waals surface area (Å²) in [6, 6.07) is 7.41. The van der Waals surface area contributed by atoms with Gasteiger partial charge in [0.05, 0.1) is 4.87 Å². The van der Waals surface area contributed by atoms with Crippen molar-refractivity contribution in [2.24, 2.45) is 5.41 Å². The second-order valence-electron chi connectivity index (χ2n) is 7.69. The van der Waals surface area contributed by atoms with Gasteiger partial charge in [0.25, 0.3) is 0 Å². The van der Waals surface area contributed by atoms with Crippen molar-refractivity contribution in [3.63, 3.8) is 0 Å². The van der Waals surface area contributed by atoms with Crippen molar-refractivity contribution in [1.29, 1.82) is 0 Å². The number of aliphatic hydroxyl groups excluding tert-OH is 1. The molecule has 1 heterocycles. The highest BCUT2D eigenvalue weighted by atomic mass is 35.5. The van der Waals surface area contributed by atoms with E-state index in [0.29, 0.717) is 23.2 Å². The van der Waals surface area contributed by atoms with Crippen LogP contribution >= 0.6 is 11.6 Å². The van der Waals surface area contributed by atoms with E-state index in [2.05, 4.69) is 10.2 Å². The molecule has 1 aliphatic carbocycles. The van der Waals surface area contributed by atoms with Gasteiger partial charge in [-0.05, 0) is 42.0 Å². The molecule has 1 atom stereocenters. The maximum atomic E-state index is 11.0. The standard InChI is InChI=1S/C19H22ClN3O3/c1-18(2,3)12-10-19(20,9-8-16(24)25)11-15(17(12)26)23-21-13-6-4-5-7-14(13)22-23/h4-7,11,26H,8-10H2,1-3H3,(H,24,25). The molecule has 2 aromatic rings. The molecule has 6 nitrogen and oxygen atoms in total. The van der Waals surface area contributed by atoms with Crippen molar-refractivity contribution in [2.45, 2.75) is 44.9 Å². The summed E-state index contributed by atoms with van der Waals surface area (Å²) < 4.78 is 0. The molecular formula is C19H22ClN3O3. The summed E-state index contributed by atoms with van der Waals surface area (Å²) >= 11 is 6.77. The van der Waals surface area contributed by atoms with Crippen LogP contribution in [0.1, 0.15) is 40.0 Å². The van der Waals surface area contributed by atoms with Gasteiger partial charge in [0, 0.05) is 6.42 Å². The third-order valence-corrected chi connectivity index (χ3v) is 4.99. The molecule has 1 aliphatic rings. The minimum atomic E-state index is -0.914. The number of allylic oxidation sites excluding steroid dienone is 3. The summed E-state index contributed by atoms with van der Waals surface area (Å²) in [6.45, 7) is 5.97. The summed E-state index contributed by atoms with van der Waals surface area (Å²) in [5.74, 6) is -0.802. The first-order valence-electron chi connectivity index (χ1n) is 8.48. The fourth-order valence-electron chi connectivity index (χ4n) is 3.11. The Morgan fingerprint density at radius 2 is 1.85 bits per heavy atom. The number of aliphatic hydroxyl groups is 1. The molecule has 0 spiro atoms. The van der Waals surface area contributed by atoms with Gasteiger partial charge in [0.1, 0.15) is 22.5 Å². The van der Waals surface area contributed by atoms with E-state index >= 15 is 0 Å². The van der Waals surface area contributed by atoms with Gasteiger partial charge in [-0.15, -0.1) is 26.6 Å². The lowest BCUT2D eigenvalue weighted by atomic mass is 9.75. The zero-order valence-corrected chi connectivity index (χ0v) is 15.8. The van der Waals surface area contributed by atoms with Crippen LogP contribution < -0.4 is 0 Å². The largest absolute Gasteiger partial charge is 0.506 e. The summed E-state index contributed by atoms with van der Waals surface area (Å²) in [7, 11) is 0. The molecule has 0 fully saturated rings. The second kappa shape index (κ2) is 6.43. The molecule has 0 saturated carbocycles. The lowest BCUT2D eigenvalue weighted by Crippen LogP contribution is -2.31. The topological polar surface area (TPSA) is 88.2 Å². The smallest absolute Gasteiger partial charge is 0.303 e. The molecule has 0 saturated heterocycles. The molecule has 1 aromatic carbocycles. The fraction of sp³-hybridized carbons (Fsp3) is 0.421. The molecule has 26 heavy (non-hydrogen) atoms. The van der Waals surface area contributed by atoms with Gasteiger partial charge in [0.15, 0.2) is 0 Å². The molecule has 0 amide bonds. The van der Waals surface area contributed by atoms with Gasteiger partial charge in [-0.3, -0.25) is 4.79 Å². The number of carboxylic acids is 1. The first-order chi connectivity index (χ1) is 12.1. The molecular weight excluding hydrogens is 354 g/mol. The quantitative estimate of drug-likeness (QED) is 0.774. The predicted molar refractivity (Wildman–Crippen MR) is 101 cm³/mol. The number of carbonyl (C=O) groups is 1. The molecule has 1 aromatic heterocycles. The first-order valence-corrected chi connectivity index (χ1v) is 8.86. The monoisotopic (exact) mass is 375 g/mol. The first kappa shape index (κ1) is 18.5. The molecule has 0 bridgehead atoms. The Bertz CT molecular complexity index is 890. The van der Waals surface area contributed by atoms with Gasteiger partial charge in [-0.2, -0.15) is 0 Å². The van der Waals surface area contributed by atoms with Crippen molar-refractivity contribution >= 4 is 34.3 Å². The van der Waals surface area contributed by atoms with Crippen LogP contribution in [0, 0.1) is 5.41 Å². The van der Waals surface area contributed by atoms with Crippen LogP contribution in [0.5, 0.6) is 0 Å². The number of aromatic nitrogens is 3. The van der Waals surface area contributed by atoms with Crippen LogP contribution in [0.4, 0.5) is 0 Å². The van der Waals surface area contributed by atoms with E-state index < -0.39 is 10.8 Å². The fourth-order valence-corrected chi connectivity index (χ4v) is 3.44. The van der Waals surface area contributed by atoms with Crippen molar-refractivity contribution in [1.82, 2.24) is 15.0 Å². The lowest BCUT2D eigenvalue weighted by Gasteiger charge is -2.35. The zero-order chi connectivity index (χ0) is 19.1. The normalized spacial score (nSPS) is 21.2. The van der Waals surface area contributed by atoms with E-state index in [0.717, 1.165) is 5.57 Å². The third-order valence-electron chi connectivity index (χ3n) is 4.56. The van der Waals surface area contributed by atoms with Gasteiger partial charge >= 0.3 is 5.97 Å². The summed E-state index contributed by atoms with van der Waals surface area (Å²) in [6.07, 6.45) is 2.25. The number of halogens is 1. The zero-order valence-electron chi connectivity index (χ0n) is 15.0. The summed E-state index contributed by atoms with van der Waals surface area (Å²) in [5, 5.41) is 28.8. The van der Waals surface area contributed by atoms with Crippen molar-refractivity contribution < 1.29 is 15.0 Å². The maximum Gasteiger partial charge on any atom is 0.303 e. The number of hydrogen-bond acceptors (Lipinski definition) is 4. The number of hydrogen-bond donors (Lipinski definition) is 2. The van der Waals surface area contributed by atoms with Crippen LogP contribution in [0.25, 0.3) is 16.7 Å². The van der Waals surface area contributed by atoms with E-state index in [4.69, 9.17) is 16.7 Å². The number of fused-ring (bicyclic) bond motifs is 1. The van der Waals surface area contributed by atoms with E-state index in [9.17, 15) is 9.90 Å². The Labute approximate surface area is 156 Å². The van der Waals surface area contributed by atoms with Crippen LogP contribution in [-0.2, 0) is 4.79 Å². The van der Waals surface area contributed by atoms with Gasteiger partial charge in [-0.25, -0.2) is 0 Å². The Hall–Kier alpha value is -2.34. The van der Waals surface area contributed by atoms with Crippen LogP contribution in [0.2, 0.25) is 0 Å². The predicted octanol–water partition coefficient (Wildman–Crippen LogP) is 4.38.